The Balaban J connectivity index is 2.00. The second kappa shape index (κ2) is 6.48. The molecular formula is C19H17ClN3O3+. The fourth-order valence-corrected chi connectivity index (χ4v) is 3.54. The summed E-state index contributed by atoms with van der Waals surface area (Å²) in [5.74, 6) is 1.12. The molecule has 3 aromatic rings. The number of fused-ring (bicyclic) bond motifs is 2. The molecule has 2 aromatic carbocycles. The van der Waals surface area contributed by atoms with Crippen molar-refractivity contribution in [2.45, 2.75) is 12.5 Å². The number of aliphatic hydroxyl groups excluding tert-OH is 1. The maximum atomic E-state index is 9.83. The van der Waals surface area contributed by atoms with E-state index in [1.807, 2.05) is 24.3 Å². The predicted octanol–water partition coefficient (Wildman–Crippen LogP) is 2.59. The lowest BCUT2D eigenvalue weighted by Gasteiger charge is -2.27. The van der Waals surface area contributed by atoms with E-state index < -0.39 is 0 Å². The number of halogens is 1. The number of aromatic nitrogens is 2. The monoisotopic (exact) mass is 370 g/mol. The molecule has 4 N–H and O–H groups in total. The Labute approximate surface area is 155 Å². The lowest BCUT2D eigenvalue weighted by molar-refractivity contribution is -0.687. The van der Waals surface area contributed by atoms with Gasteiger partial charge in [-0.15, -0.1) is 0 Å². The van der Waals surface area contributed by atoms with E-state index in [0.717, 1.165) is 11.1 Å². The summed E-state index contributed by atoms with van der Waals surface area (Å²) in [5.41, 5.74) is 8.78. The van der Waals surface area contributed by atoms with Gasteiger partial charge in [-0.1, -0.05) is 40.9 Å². The van der Waals surface area contributed by atoms with Crippen molar-refractivity contribution in [3.05, 3.63) is 70.5 Å². The quantitative estimate of drug-likeness (QED) is 0.482. The maximum Gasteiger partial charge on any atom is 0.306 e. The Morgan fingerprint density at radius 1 is 1.19 bits per heavy atom. The predicted molar refractivity (Wildman–Crippen MR) is 96.5 cm³/mol. The molecule has 0 saturated heterocycles. The number of phenolic OH excluding ortho intramolecular Hbond substituents is 1. The Hall–Kier alpha value is -2.83. The number of nitrogens with two attached hydrogens (primary N) is 1. The highest BCUT2D eigenvalue weighted by molar-refractivity contribution is 6.31. The third-order valence-corrected chi connectivity index (χ3v) is 4.83. The van der Waals surface area contributed by atoms with Crippen molar-refractivity contribution >= 4 is 17.4 Å². The van der Waals surface area contributed by atoms with Crippen LogP contribution in [-0.4, -0.2) is 21.8 Å². The van der Waals surface area contributed by atoms with Gasteiger partial charge in [-0.25, -0.2) is 4.57 Å². The summed E-state index contributed by atoms with van der Waals surface area (Å²) in [4.78, 5) is 4.36. The Kier molecular flexibility index (Phi) is 4.14. The number of rotatable bonds is 3. The second-order valence-electron chi connectivity index (χ2n) is 6.04. The van der Waals surface area contributed by atoms with Gasteiger partial charge in [0.2, 0.25) is 12.1 Å². The molecule has 0 amide bonds. The molecule has 0 aliphatic carbocycles. The van der Waals surface area contributed by atoms with Crippen LogP contribution in [0, 0.1) is 0 Å². The zero-order chi connectivity index (χ0) is 18.3. The van der Waals surface area contributed by atoms with E-state index in [-0.39, 0.29) is 18.3 Å². The van der Waals surface area contributed by atoms with Gasteiger partial charge in [-0.3, -0.25) is 0 Å². The highest BCUT2D eigenvalue weighted by Gasteiger charge is 2.37. The molecule has 1 atom stereocenters. The molecule has 1 aromatic heterocycles. The van der Waals surface area contributed by atoms with Gasteiger partial charge in [-0.2, -0.15) is 0 Å². The number of nitrogens with zero attached hydrogens (tertiary/aromatic N) is 2. The molecule has 6 nitrogen and oxygen atoms in total. The Bertz CT molecular complexity index is 994. The Morgan fingerprint density at radius 3 is 2.77 bits per heavy atom. The first kappa shape index (κ1) is 16.6. The van der Waals surface area contributed by atoms with E-state index in [9.17, 15) is 10.2 Å². The normalized spacial score (nSPS) is 15.1. The zero-order valence-corrected chi connectivity index (χ0v) is 14.5. The minimum atomic E-state index is -0.304. The molecule has 7 heteroatoms. The molecule has 26 heavy (non-hydrogen) atoms. The van der Waals surface area contributed by atoms with E-state index >= 15 is 0 Å². The summed E-state index contributed by atoms with van der Waals surface area (Å²) in [6.07, 6.45) is 1.53. The van der Waals surface area contributed by atoms with Gasteiger partial charge in [0.05, 0.1) is 19.1 Å². The number of hydrogen-bond acceptors (Lipinski definition) is 5. The van der Waals surface area contributed by atoms with Gasteiger partial charge in [-0.05, 0) is 17.7 Å². The number of aromatic hydroxyl groups is 1. The third kappa shape index (κ3) is 2.64. The van der Waals surface area contributed by atoms with Gasteiger partial charge in [0.1, 0.15) is 17.1 Å². The first-order chi connectivity index (χ1) is 12.6. The topological polar surface area (TPSA) is 92.5 Å². The number of ether oxygens (including phenoxy) is 1. The number of benzene rings is 2. The van der Waals surface area contributed by atoms with Crippen LogP contribution >= 0.6 is 11.6 Å². The minimum Gasteiger partial charge on any atom is -0.508 e. The van der Waals surface area contributed by atoms with Crippen molar-refractivity contribution < 1.29 is 19.5 Å². The average Bonchev–Trinajstić information content (AvgIpc) is 2.63. The summed E-state index contributed by atoms with van der Waals surface area (Å²) in [7, 11) is 0. The molecule has 1 aliphatic rings. The molecular weight excluding hydrogens is 354 g/mol. The van der Waals surface area contributed by atoms with Gasteiger partial charge >= 0.3 is 5.88 Å². The summed E-state index contributed by atoms with van der Waals surface area (Å²) < 4.78 is 7.57. The van der Waals surface area contributed by atoms with Crippen LogP contribution in [0.25, 0.3) is 0 Å². The second-order valence-corrected chi connectivity index (χ2v) is 6.45. The van der Waals surface area contributed by atoms with Crippen LogP contribution in [0.15, 0.2) is 48.8 Å². The van der Waals surface area contributed by atoms with Crippen LogP contribution in [0.4, 0.5) is 5.82 Å². The molecule has 0 saturated carbocycles. The first-order valence-corrected chi connectivity index (χ1v) is 8.51. The number of nitrogen functional groups attached to an aromatic ring is 1. The van der Waals surface area contributed by atoms with Crippen molar-refractivity contribution in [3.8, 4) is 17.4 Å². The molecule has 1 aliphatic heterocycles. The number of aliphatic hydroxyl groups is 1. The highest BCUT2D eigenvalue weighted by Crippen LogP contribution is 2.49. The van der Waals surface area contributed by atoms with Gasteiger partial charge in [0.15, 0.2) is 0 Å². The standard InChI is InChI=1S/C19H16ClN3O3/c20-14-4-2-1-3-12(14)16-13-6-5-11(25)9-15(13)26-19-17(16)18(21)23(7-8-24)10-22-19/h1-6,9-10,16,21,24-25H,7-8H2/p+1/t16-/m0/s1. The molecule has 132 valence electrons. The minimum absolute atomic E-state index is 0.0581. The van der Waals surface area contributed by atoms with Crippen LogP contribution in [0.3, 0.4) is 0 Å². The summed E-state index contributed by atoms with van der Waals surface area (Å²) in [6, 6.07) is 12.5. The van der Waals surface area contributed by atoms with Crippen LogP contribution < -0.4 is 15.0 Å². The van der Waals surface area contributed by atoms with Crippen LogP contribution in [-0.2, 0) is 6.54 Å². The molecule has 0 spiro atoms. The maximum absolute atomic E-state index is 9.83. The SMILES string of the molecule is Nc1c2c(nc[n+]1CCO)Oc1cc(O)ccc1[C@@H]2c1ccccc1Cl. The lowest BCUT2D eigenvalue weighted by Crippen LogP contribution is -2.41. The van der Waals surface area contributed by atoms with E-state index in [0.29, 0.717) is 34.6 Å². The van der Waals surface area contributed by atoms with Crippen LogP contribution in [0.2, 0.25) is 5.02 Å². The number of anilines is 1. The van der Waals surface area contributed by atoms with Crippen LogP contribution in [0.5, 0.6) is 17.4 Å². The molecule has 0 unspecified atom stereocenters. The van der Waals surface area contributed by atoms with Crippen molar-refractivity contribution in [3.63, 3.8) is 0 Å². The first-order valence-electron chi connectivity index (χ1n) is 8.14. The zero-order valence-electron chi connectivity index (χ0n) is 13.8. The Morgan fingerprint density at radius 2 is 2.00 bits per heavy atom. The van der Waals surface area contributed by atoms with E-state index in [1.165, 1.54) is 6.33 Å². The molecule has 0 fully saturated rings. The van der Waals surface area contributed by atoms with E-state index in [2.05, 4.69) is 4.98 Å². The average molecular weight is 371 g/mol. The third-order valence-electron chi connectivity index (χ3n) is 4.49. The highest BCUT2D eigenvalue weighted by atomic mass is 35.5. The van der Waals surface area contributed by atoms with Gasteiger partial charge < -0.3 is 20.7 Å². The van der Waals surface area contributed by atoms with E-state index in [1.54, 1.807) is 22.8 Å². The van der Waals surface area contributed by atoms with Crippen molar-refractivity contribution in [1.82, 2.24) is 4.98 Å². The summed E-state index contributed by atoms with van der Waals surface area (Å²) >= 11 is 6.48. The van der Waals surface area contributed by atoms with Crippen molar-refractivity contribution in [1.29, 1.82) is 0 Å². The molecule has 2 heterocycles. The lowest BCUT2D eigenvalue weighted by atomic mass is 9.83. The molecule has 4 rings (SSSR count). The fraction of sp³-hybridized carbons (Fsp3) is 0.158. The summed E-state index contributed by atoms with van der Waals surface area (Å²) in [5, 5.41) is 19.7. The fourth-order valence-electron chi connectivity index (χ4n) is 3.30. The molecule has 0 radical (unpaired) electrons. The summed E-state index contributed by atoms with van der Waals surface area (Å²) in [6.45, 7) is 0.265. The number of hydrogen-bond donors (Lipinski definition) is 3. The van der Waals surface area contributed by atoms with E-state index in [4.69, 9.17) is 22.1 Å². The van der Waals surface area contributed by atoms with Gasteiger partial charge in [0, 0.05) is 16.7 Å². The van der Waals surface area contributed by atoms with Gasteiger partial charge in [0.25, 0.3) is 0 Å². The van der Waals surface area contributed by atoms with Crippen molar-refractivity contribution in [2.24, 2.45) is 0 Å². The van der Waals surface area contributed by atoms with Crippen LogP contribution in [0.1, 0.15) is 22.6 Å². The largest absolute Gasteiger partial charge is 0.508 e. The smallest absolute Gasteiger partial charge is 0.306 e. The van der Waals surface area contributed by atoms with Crippen molar-refractivity contribution in [2.75, 3.05) is 12.3 Å². The number of phenols is 1. The molecule has 0 bridgehead atoms.